The molecule has 2 heteroatoms. The summed E-state index contributed by atoms with van der Waals surface area (Å²) in [5, 5.41) is 8.86. The van der Waals surface area contributed by atoms with Crippen LogP contribution in [0.1, 0.15) is 71.6 Å². The summed E-state index contributed by atoms with van der Waals surface area (Å²) in [4.78, 5) is 0. The van der Waals surface area contributed by atoms with Crippen LogP contribution in [-0.2, 0) is 4.74 Å². The lowest BCUT2D eigenvalue weighted by Crippen LogP contribution is -2.14. The van der Waals surface area contributed by atoms with E-state index in [-0.39, 0.29) is 0 Å². The van der Waals surface area contributed by atoms with E-state index in [4.69, 9.17) is 10.00 Å². The zero-order chi connectivity index (χ0) is 13.2. The molecule has 0 radical (unpaired) electrons. The Kier molecular flexibility index (Phi) is 8.09. The average Bonchev–Trinajstić information content (AvgIpc) is 2.40. The number of nitriles is 1. The van der Waals surface area contributed by atoms with Gasteiger partial charge in [-0.2, -0.15) is 5.26 Å². The predicted molar refractivity (Wildman–Crippen MR) is 75.2 cm³/mol. The van der Waals surface area contributed by atoms with Crippen molar-refractivity contribution in [1.82, 2.24) is 0 Å². The van der Waals surface area contributed by atoms with Crippen LogP contribution in [0.5, 0.6) is 0 Å². The van der Waals surface area contributed by atoms with Crippen LogP contribution in [0.2, 0.25) is 0 Å². The molecule has 0 spiro atoms. The van der Waals surface area contributed by atoms with Crippen molar-refractivity contribution < 1.29 is 4.74 Å². The van der Waals surface area contributed by atoms with Gasteiger partial charge in [0.1, 0.15) is 0 Å². The topological polar surface area (TPSA) is 33.0 Å². The maximum atomic E-state index is 8.86. The molecule has 18 heavy (non-hydrogen) atoms. The van der Waals surface area contributed by atoms with Gasteiger partial charge in [0, 0.05) is 12.5 Å². The Morgan fingerprint density at radius 2 is 1.94 bits per heavy atom. The molecule has 0 amide bonds. The van der Waals surface area contributed by atoms with Gasteiger partial charge in [-0.1, -0.05) is 26.2 Å². The highest BCUT2D eigenvalue weighted by Gasteiger charge is 2.20. The second-order valence-corrected chi connectivity index (χ2v) is 5.81. The van der Waals surface area contributed by atoms with Crippen molar-refractivity contribution >= 4 is 0 Å². The van der Waals surface area contributed by atoms with Crippen molar-refractivity contribution in [3.05, 3.63) is 0 Å². The first-order valence-electron chi connectivity index (χ1n) is 7.77. The molecule has 2 nitrogen and oxygen atoms in total. The van der Waals surface area contributed by atoms with Crippen molar-refractivity contribution in [1.29, 1.82) is 5.26 Å². The Morgan fingerprint density at radius 3 is 2.56 bits per heavy atom. The minimum absolute atomic E-state index is 0.345. The van der Waals surface area contributed by atoms with E-state index in [0.29, 0.717) is 12.0 Å². The third-order valence-corrected chi connectivity index (χ3v) is 4.15. The Balaban J connectivity index is 1.99. The number of nitrogens with zero attached hydrogens (tertiary/aromatic N) is 1. The molecule has 1 atom stereocenters. The Bertz CT molecular complexity index is 238. The molecule has 1 unspecified atom stereocenters. The second kappa shape index (κ2) is 9.39. The minimum Gasteiger partial charge on any atom is -0.379 e. The van der Waals surface area contributed by atoms with Crippen LogP contribution in [0.25, 0.3) is 0 Å². The summed E-state index contributed by atoms with van der Waals surface area (Å²) in [5.74, 6) is 1.22. The van der Waals surface area contributed by atoms with Gasteiger partial charge in [0.15, 0.2) is 0 Å². The Morgan fingerprint density at radius 1 is 1.22 bits per heavy atom. The standard InChI is InChI=1S/C16H29NO/c1-3-4-12-18-14(2)6-5-7-15-8-10-16(13-17)11-9-15/h14-16H,3-12H2,1-2H3. The molecule has 0 aromatic rings. The van der Waals surface area contributed by atoms with Crippen LogP contribution in [0, 0.1) is 23.2 Å². The van der Waals surface area contributed by atoms with Gasteiger partial charge in [0.05, 0.1) is 12.2 Å². The summed E-state index contributed by atoms with van der Waals surface area (Å²) < 4.78 is 5.76. The van der Waals surface area contributed by atoms with Crippen LogP contribution >= 0.6 is 0 Å². The summed E-state index contributed by atoms with van der Waals surface area (Å²) >= 11 is 0. The smallest absolute Gasteiger partial charge is 0.0655 e. The summed E-state index contributed by atoms with van der Waals surface area (Å²) in [6.45, 7) is 5.32. The molecule has 1 rings (SSSR count). The van der Waals surface area contributed by atoms with Crippen LogP contribution in [-0.4, -0.2) is 12.7 Å². The fraction of sp³-hybridized carbons (Fsp3) is 0.938. The van der Waals surface area contributed by atoms with E-state index in [1.54, 1.807) is 0 Å². The molecule has 104 valence electrons. The lowest BCUT2D eigenvalue weighted by atomic mass is 9.80. The highest BCUT2D eigenvalue weighted by atomic mass is 16.5. The molecule has 0 bridgehead atoms. The van der Waals surface area contributed by atoms with Crippen molar-refractivity contribution in [2.75, 3.05) is 6.61 Å². The number of ether oxygens (including phenoxy) is 1. The highest BCUT2D eigenvalue weighted by molar-refractivity contribution is 4.86. The lowest BCUT2D eigenvalue weighted by Gasteiger charge is -2.25. The number of rotatable bonds is 8. The van der Waals surface area contributed by atoms with E-state index < -0.39 is 0 Å². The van der Waals surface area contributed by atoms with E-state index in [2.05, 4.69) is 19.9 Å². The van der Waals surface area contributed by atoms with E-state index in [1.165, 1.54) is 44.9 Å². The normalized spacial score (nSPS) is 25.6. The van der Waals surface area contributed by atoms with Gasteiger partial charge < -0.3 is 4.74 Å². The molecular weight excluding hydrogens is 222 g/mol. The molecule has 0 saturated heterocycles. The van der Waals surface area contributed by atoms with E-state index in [9.17, 15) is 0 Å². The highest BCUT2D eigenvalue weighted by Crippen LogP contribution is 2.31. The molecular formula is C16H29NO. The maximum absolute atomic E-state index is 8.86. The third kappa shape index (κ3) is 6.40. The average molecular weight is 251 g/mol. The van der Waals surface area contributed by atoms with Gasteiger partial charge in [-0.25, -0.2) is 0 Å². The predicted octanol–water partition coefficient (Wildman–Crippen LogP) is 4.69. The zero-order valence-electron chi connectivity index (χ0n) is 12.2. The molecule has 1 aliphatic carbocycles. The Labute approximate surface area is 113 Å². The molecule has 1 saturated carbocycles. The van der Waals surface area contributed by atoms with Gasteiger partial charge in [-0.15, -0.1) is 0 Å². The number of hydrogen-bond donors (Lipinski definition) is 0. The monoisotopic (exact) mass is 251 g/mol. The first-order chi connectivity index (χ1) is 8.76. The zero-order valence-corrected chi connectivity index (χ0v) is 12.2. The summed E-state index contributed by atoms with van der Waals surface area (Å²) in [5.41, 5.74) is 0. The van der Waals surface area contributed by atoms with Gasteiger partial charge in [-0.3, -0.25) is 0 Å². The number of hydrogen-bond acceptors (Lipinski definition) is 2. The van der Waals surface area contributed by atoms with Crippen molar-refractivity contribution in [2.45, 2.75) is 77.7 Å². The van der Waals surface area contributed by atoms with E-state index in [1.807, 2.05) is 0 Å². The fourth-order valence-electron chi connectivity index (χ4n) is 2.79. The summed E-state index contributed by atoms with van der Waals surface area (Å²) in [6.07, 6.45) is 11.4. The molecule has 0 aromatic heterocycles. The molecule has 1 fully saturated rings. The van der Waals surface area contributed by atoms with Gasteiger partial charge in [-0.05, 0) is 51.4 Å². The van der Waals surface area contributed by atoms with Crippen LogP contribution in [0.4, 0.5) is 0 Å². The van der Waals surface area contributed by atoms with Crippen LogP contribution < -0.4 is 0 Å². The Hall–Kier alpha value is -0.550. The summed E-state index contributed by atoms with van der Waals surface area (Å²) in [6, 6.07) is 2.41. The second-order valence-electron chi connectivity index (χ2n) is 5.81. The first kappa shape index (κ1) is 15.5. The largest absolute Gasteiger partial charge is 0.379 e. The molecule has 1 aliphatic rings. The van der Waals surface area contributed by atoms with Gasteiger partial charge in [0.2, 0.25) is 0 Å². The molecule has 0 N–H and O–H groups in total. The van der Waals surface area contributed by atoms with Crippen molar-refractivity contribution in [3.8, 4) is 6.07 Å². The minimum atomic E-state index is 0.345. The van der Waals surface area contributed by atoms with E-state index >= 15 is 0 Å². The van der Waals surface area contributed by atoms with E-state index in [0.717, 1.165) is 25.4 Å². The quantitative estimate of drug-likeness (QED) is 0.586. The summed E-state index contributed by atoms with van der Waals surface area (Å²) in [7, 11) is 0. The van der Waals surface area contributed by atoms with Gasteiger partial charge in [0.25, 0.3) is 0 Å². The van der Waals surface area contributed by atoms with Crippen LogP contribution in [0.3, 0.4) is 0 Å². The lowest BCUT2D eigenvalue weighted by molar-refractivity contribution is 0.0553. The third-order valence-electron chi connectivity index (χ3n) is 4.15. The molecule has 0 aliphatic heterocycles. The molecule has 0 heterocycles. The van der Waals surface area contributed by atoms with Gasteiger partial charge >= 0.3 is 0 Å². The first-order valence-corrected chi connectivity index (χ1v) is 7.77. The SMILES string of the molecule is CCCCOC(C)CCCC1CCC(C#N)CC1. The fourth-order valence-corrected chi connectivity index (χ4v) is 2.79. The van der Waals surface area contributed by atoms with Crippen LogP contribution in [0.15, 0.2) is 0 Å². The maximum Gasteiger partial charge on any atom is 0.0655 e. The van der Waals surface area contributed by atoms with Crippen molar-refractivity contribution in [3.63, 3.8) is 0 Å². The molecule has 0 aromatic carbocycles. The number of unbranched alkanes of at least 4 members (excludes halogenated alkanes) is 1. The van der Waals surface area contributed by atoms with Crippen molar-refractivity contribution in [2.24, 2.45) is 11.8 Å².